The predicted molar refractivity (Wildman–Crippen MR) is 99.0 cm³/mol. The van der Waals surface area contributed by atoms with Crippen LogP contribution in [0.4, 0.5) is 0 Å². The smallest absolute Gasteiger partial charge is 0.293 e. The molecular weight excluding hydrogens is 336 g/mol. The molecule has 1 aromatic heterocycles. The number of amides is 1. The molecule has 1 aliphatic carbocycles. The summed E-state index contributed by atoms with van der Waals surface area (Å²) < 4.78 is 6.45. The lowest BCUT2D eigenvalue weighted by molar-refractivity contribution is -0.133. The number of aromatic nitrogens is 1. The van der Waals surface area contributed by atoms with Crippen LogP contribution in [0.2, 0.25) is 0 Å². The van der Waals surface area contributed by atoms with Crippen LogP contribution in [0, 0.1) is 0 Å². The normalized spacial score (nSPS) is 13.5. The molecular formula is C19H22N2O3S. The average Bonchev–Trinajstić information content (AvgIpc) is 3.47. The first kappa shape index (κ1) is 17.6. The van der Waals surface area contributed by atoms with Crippen LogP contribution < -0.4 is 10.3 Å². The van der Waals surface area contributed by atoms with Crippen LogP contribution in [0.1, 0.15) is 18.4 Å². The maximum absolute atomic E-state index is 12.8. The van der Waals surface area contributed by atoms with Gasteiger partial charge in [-0.2, -0.15) is 0 Å². The van der Waals surface area contributed by atoms with Crippen LogP contribution in [0.5, 0.6) is 5.75 Å². The van der Waals surface area contributed by atoms with Crippen molar-refractivity contribution in [3.8, 4) is 5.75 Å². The van der Waals surface area contributed by atoms with Crippen molar-refractivity contribution in [1.82, 2.24) is 9.47 Å². The van der Waals surface area contributed by atoms with Gasteiger partial charge in [-0.15, -0.1) is 11.8 Å². The van der Waals surface area contributed by atoms with Gasteiger partial charge in [0.05, 0.1) is 7.11 Å². The third-order valence-electron chi connectivity index (χ3n) is 4.33. The second-order valence-corrected chi connectivity index (χ2v) is 6.99. The Labute approximate surface area is 151 Å². The first-order valence-electron chi connectivity index (χ1n) is 8.28. The van der Waals surface area contributed by atoms with Crippen LogP contribution in [0.3, 0.4) is 0 Å². The van der Waals surface area contributed by atoms with Gasteiger partial charge in [-0.25, -0.2) is 0 Å². The Bertz CT molecular complexity index is 797. The zero-order valence-corrected chi connectivity index (χ0v) is 15.3. The number of hydrogen-bond acceptors (Lipinski definition) is 4. The number of nitrogens with zero attached hydrogens (tertiary/aromatic N) is 2. The number of thioether (sulfide) groups is 1. The molecule has 0 unspecified atom stereocenters. The van der Waals surface area contributed by atoms with E-state index in [1.54, 1.807) is 30.1 Å². The molecule has 3 rings (SSSR count). The zero-order valence-electron chi connectivity index (χ0n) is 14.5. The molecule has 1 aromatic carbocycles. The minimum Gasteiger partial charge on any atom is -0.491 e. The summed E-state index contributed by atoms with van der Waals surface area (Å²) in [5, 5.41) is 0. The van der Waals surface area contributed by atoms with E-state index in [4.69, 9.17) is 4.74 Å². The van der Waals surface area contributed by atoms with E-state index >= 15 is 0 Å². The fourth-order valence-corrected chi connectivity index (χ4v) is 3.17. The van der Waals surface area contributed by atoms with Gasteiger partial charge in [0.25, 0.3) is 5.56 Å². The standard InChI is InChI=1S/C19H22N2O3S/c1-24-17-4-3-11-20(19(17)23)13-18(22)21(15-7-8-15)12-14-5-9-16(25-2)10-6-14/h3-6,9-11,15H,7-8,12-13H2,1-2H3. The highest BCUT2D eigenvalue weighted by atomic mass is 32.2. The molecule has 6 heteroatoms. The summed E-state index contributed by atoms with van der Waals surface area (Å²) in [7, 11) is 1.46. The number of hydrogen-bond donors (Lipinski definition) is 0. The number of benzene rings is 1. The van der Waals surface area contributed by atoms with Gasteiger partial charge in [0.15, 0.2) is 5.75 Å². The van der Waals surface area contributed by atoms with Gasteiger partial charge < -0.3 is 14.2 Å². The van der Waals surface area contributed by atoms with Gasteiger partial charge in [0.1, 0.15) is 6.54 Å². The van der Waals surface area contributed by atoms with Crippen LogP contribution in [0.25, 0.3) is 0 Å². The summed E-state index contributed by atoms with van der Waals surface area (Å²) in [5.74, 6) is 0.215. The first-order valence-corrected chi connectivity index (χ1v) is 9.50. The molecule has 2 aromatic rings. The Kier molecular flexibility index (Phi) is 5.48. The largest absolute Gasteiger partial charge is 0.491 e. The van der Waals surface area contributed by atoms with Crippen molar-refractivity contribution in [3.63, 3.8) is 0 Å². The lowest BCUT2D eigenvalue weighted by Gasteiger charge is -2.23. The summed E-state index contributed by atoms with van der Waals surface area (Å²) in [6.45, 7) is 0.617. The highest BCUT2D eigenvalue weighted by Crippen LogP contribution is 2.29. The molecule has 0 bridgehead atoms. The highest BCUT2D eigenvalue weighted by molar-refractivity contribution is 7.98. The Morgan fingerprint density at radius 1 is 1.28 bits per heavy atom. The summed E-state index contributed by atoms with van der Waals surface area (Å²) >= 11 is 1.70. The number of carbonyl (C=O) groups excluding carboxylic acids is 1. The molecule has 0 N–H and O–H groups in total. The minimum absolute atomic E-state index is 0.0354. The number of carbonyl (C=O) groups is 1. The SMILES string of the molecule is COc1cccn(CC(=O)N(Cc2ccc(SC)cc2)C2CC2)c1=O. The molecule has 1 heterocycles. The summed E-state index contributed by atoms with van der Waals surface area (Å²) in [5.41, 5.74) is 0.828. The molecule has 5 nitrogen and oxygen atoms in total. The highest BCUT2D eigenvalue weighted by Gasteiger charge is 2.32. The molecule has 132 valence electrons. The van der Waals surface area contributed by atoms with Crippen molar-refractivity contribution >= 4 is 17.7 Å². The summed E-state index contributed by atoms with van der Waals surface area (Å²) in [6.07, 6.45) is 5.73. The van der Waals surface area contributed by atoms with Gasteiger partial charge >= 0.3 is 0 Å². The second kappa shape index (κ2) is 7.78. The van der Waals surface area contributed by atoms with E-state index in [0.29, 0.717) is 6.54 Å². The fraction of sp³-hybridized carbons (Fsp3) is 0.368. The fourth-order valence-electron chi connectivity index (χ4n) is 2.77. The molecule has 1 aliphatic rings. The Morgan fingerprint density at radius 2 is 2.00 bits per heavy atom. The summed E-state index contributed by atoms with van der Waals surface area (Å²) in [4.78, 5) is 28.1. The molecule has 0 radical (unpaired) electrons. The number of rotatable bonds is 7. The van der Waals surface area contributed by atoms with Crippen LogP contribution >= 0.6 is 11.8 Å². The topological polar surface area (TPSA) is 51.5 Å². The number of methoxy groups -OCH3 is 1. The third-order valence-corrected chi connectivity index (χ3v) is 5.07. The number of ether oxygens (including phenoxy) is 1. The van der Waals surface area contributed by atoms with Crippen molar-refractivity contribution in [3.05, 3.63) is 58.5 Å². The predicted octanol–water partition coefficient (Wildman–Crippen LogP) is 2.77. The third kappa shape index (κ3) is 4.25. The van der Waals surface area contributed by atoms with E-state index < -0.39 is 0 Å². The Morgan fingerprint density at radius 3 is 2.60 bits per heavy atom. The van der Waals surface area contributed by atoms with E-state index in [2.05, 4.69) is 24.3 Å². The van der Waals surface area contributed by atoms with Gasteiger partial charge in [0.2, 0.25) is 5.91 Å². The van der Waals surface area contributed by atoms with Crippen LogP contribution in [-0.2, 0) is 17.9 Å². The Hall–Kier alpha value is -2.21. The monoisotopic (exact) mass is 358 g/mol. The molecule has 1 fully saturated rings. The number of pyridine rings is 1. The second-order valence-electron chi connectivity index (χ2n) is 6.11. The van der Waals surface area contributed by atoms with E-state index in [9.17, 15) is 9.59 Å². The van der Waals surface area contributed by atoms with E-state index in [-0.39, 0.29) is 29.8 Å². The average molecular weight is 358 g/mol. The van der Waals surface area contributed by atoms with E-state index in [1.165, 1.54) is 16.6 Å². The van der Waals surface area contributed by atoms with Crippen molar-refractivity contribution in [2.45, 2.75) is 36.9 Å². The molecule has 0 saturated heterocycles. The molecule has 1 saturated carbocycles. The maximum Gasteiger partial charge on any atom is 0.293 e. The van der Waals surface area contributed by atoms with Gasteiger partial charge in [-0.05, 0) is 48.9 Å². The summed E-state index contributed by atoms with van der Waals surface area (Å²) in [6, 6.07) is 11.9. The lowest BCUT2D eigenvalue weighted by atomic mass is 10.2. The Balaban J connectivity index is 1.74. The quantitative estimate of drug-likeness (QED) is 0.714. The van der Waals surface area contributed by atoms with Crippen molar-refractivity contribution in [2.24, 2.45) is 0 Å². The zero-order chi connectivity index (χ0) is 17.8. The van der Waals surface area contributed by atoms with Gasteiger partial charge in [-0.1, -0.05) is 12.1 Å². The van der Waals surface area contributed by atoms with E-state index in [1.807, 2.05) is 11.2 Å². The van der Waals surface area contributed by atoms with Gasteiger partial charge in [-0.3, -0.25) is 9.59 Å². The van der Waals surface area contributed by atoms with Gasteiger partial charge in [0, 0.05) is 23.7 Å². The maximum atomic E-state index is 12.8. The molecule has 25 heavy (non-hydrogen) atoms. The molecule has 0 aliphatic heterocycles. The van der Waals surface area contributed by atoms with Crippen LogP contribution in [0.15, 0.2) is 52.3 Å². The van der Waals surface area contributed by atoms with Crippen molar-refractivity contribution in [2.75, 3.05) is 13.4 Å². The molecule has 1 amide bonds. The minimum atomic E-state index is -0.279. The van der Waals surface area contributed by atoms with Crippen LogP contribution in [-0.4, -0.2) is 34.8 Å². The first-order chi connectivity index (χ1) is 12.1. The van der Waals surface area contributed by atoms with Crippen molar-refractivity contribution in [1.29, 1.82) is 0 Å². The lowest BCUT2D eigenvalue weighted by Crippen LogP contribution is -2.37. The van der Waals surface area contributed by atoms with Crippen molar-refractivity contribution < 1.29 is 9.53 Å². The molecule has 0 atom stereocenters. The van der Waals surface area contributed by atoms with E-state index in [0.717, 1.165) is 18.4 Å². The molecule has 0 spiro atoms.